The summed E-state index contributed by atoms with van der Waals surface area (Å²) in [6.07, 6.45) is 0. The minimum Gasteiger partial charge on any atom is -0.388 e. The van der Waals surface area contributed by atoms with Crippen LogP contribution in [0.2, 0.25) is 0 Å². The molecule has 2 nitrogen and oxygen atoms in total. The molecule has 0 bridgehead atoms. The van der Waals surface area contributed by atoms with Crippen LogP contribution in [0.1, 0.15) is 0 Å². The second kappa shape index (κ2) is 4.49. The van der Waals surface area contributed by atoms with Crippen molar-refractivity contribution in [3.8, 4) is 0 Å². The fraction of sp³-hybridized carbons (Fsp3) is 0.400. The smallest absolute Gasteiger partial charge is 0.132 e. The minimum absolute atomic E-state index is 0. The average molecular weight is 202 g/mol. The molecule has 74 valence electrons. The molecule has 0 heterocycles. The molecule has 0 unspecified atom stereocenters. The molecule has 3 heteroatoms. The molecule has 0 radical (unpaired) electrons. The van der Waals surface area contributed by atoms with Gasteiger partial charge in [-0.05, 0) is 12.1 Å². The van der Waals surface area contributed by atoms with Gasteiger partial charge in [0, 0.05) is 24.9 Å². The molecule has 1 rings (SSSR count). The molecule has 0 aromatic heterocycles. The van der Waals surface area contributed by atoms with Crippen molar-refractivity contribution in [2.75, 3.05) is 33.5 Å². The standard InChI is InChI=1S/C10H17N2.ClH/c1-11-9-5-7-10(8-6-9)12(2,3)4;/h5-8,11H,1-4H3;1H/q+1;. The van der Waals surface area contributed by atoms with E-state index in [0.717, 1.165) is 10.2 Å². The van der Waals surface area contributed by atoms with E-state index in [0.29, 0.717) is 0 Å². The second-order valence-corrected chi connectivity index (χ2v) is 3.81. The molecule has 0 spiro atoms. The van der Waals surface area contributed by atoms with Crippen molar-refractivity contribution in [1.29, 1.82) is 0 Å². The first-order chi connectivity index (χ1) is 5.54. The second-order valence-electron chi connectivity index (χ2n) is 3.81. The first-order valence-corrected chi connectivity index (χ1v) is 4.14. The number of nitrogens with zero attached hydrogens (tertiary/aromatic N) is 1. The monoisotopic (exact) mass is 201 g/mol. The Kier molecular flexibility index (Phi) is 4.24. The highest BCUT2D eigenvalue weighted by atomic mass is 35.5. The summed E-state index contributed by atoms with van der Waals surface area (Å²) in [5.41, 5.74) is 2.47. The summed E-state index contributed by atoms with van der Waals surface area (Å²) >= 11 is 0. The predicted octanol–water partition coefficient (Wildman–Crippen LogP) is 2.35. The van der Waals surface area contributed by atoms with Crippen LogP contribution >= 0.6 is 12.4 Å². The van der Waals surface area contributed by atoms with E-state index in [9.17, 15) is 0 Å². The van der Waals surface area contributed by atoms with E-state index < -0.39 is 0 Å². The van der Waals surface area contributed by atoms with Crippen LogP contribution in [-0.2, 0) is 0 Å². The zero-order valence-corrected chi connectivity index (χ0v) is 9.48. The summed E-state index contributed by atoms with van der Waals surface area (Å²) in [5, 5.41) is 3.10. The lowest BCUT2D eigenvalue weighted by atomic mass is 10.2. The van der Waals surface area contributed by atoms with Crippen LogP contribution in [0.3, 0.4) is 0 Å². The van der Waals surface area contributed by atoms with Crippen molar-refractivity contribution in [2.45, 2.75) is 0 Å². The van der Waals surface area contributed by atoms with Gasteiger partial charge in [-0.15, -0.1) is 12.4 Å². The summed E-state index contributed by atoms with van der Waals surface area (Å²) in [4.78, 5) is 0. The third-order valence-corrected chi connectivity index (χ3v) is 1.93. The van der Waals surface area contributed by atoms with Crippen LogP contribution in [0, 0.1) is 0 Å². The van der Waals surface area contributed by atoms with E-state index in [2.05, 4.69) is 50.7 Å². The van der Waals surface area contributed by atoms with Crippen molar-refractivity contribution < 1.29 is 0 Å². The first kappa shape index (κ1) is 12.3. The summed E-state index contributed by atoms with van der Waals surface area (Å²) in [6.45, 7) is 0. The third kappa shape index (κ3) is 3.25. The highest BCUT2D eigenvalue weighted by Gasteiger charge is 2.10. The number of halogens is 1. The van der Waals surface area contributed by atoms with Crippen LogP contribution < -0.4 is 9.80 Å². The molecule has 1 aromatic carbocycles. The number of benzene rings is 1. The molecule has 13 heavy (non-hydrogen) atoms. The summed E-state index contributed by atoms with van der Waals surface area (Å²) in [7, 11) is 8.41. The lowest BCUT2D eigenvalue weighted by molar-refractivity contribution is 0.486. The highest BCUT2D eigenvalue weighted by molar-refractivity contribution is 5.85. The first-order valence-electron chi connectivity index (χ1n) is 4.14. The van der Waals surface area contributed by atoms with E-state index in [1.807, 2.05) is 7.05 Å². The van der Waals surface area contributed by atoms with Gasteiger partial charge in [-0.2, -0.15) is 0 Å². The van der Waals surface area contributed by atoms with Gasteiger partial charge >= 0.3 is 0 Å². The lowest BCUT2D eigenvalue weighted by Crippen LogP contribution is -2.34. The molecule has 0 aliphatic rings. The van der Waals surface area contributed by atoms with Crippen LogP contribution in [-0.4, -0.2) is 28.2 Å². The number of hydrogen-bond acceptors (Lipinski definition) is 1. The Morgan fingerprint density at radius 2 is 1.46 bits per heavy atom. The SMILES string of the molecule is CNc1ccc([N+](C)(C)C)cc1.Cl. The Bertz CT molecular complexity index is 249. The average Bonchev–Trinajstić information content (AvgIpc) is 2.03. The zero-order chi connectivity index (χ0) is 9.19. The van der Waals surface area contributed by atoms with Gasteiger partial charge in [0.1, 0.15) is 5.69 Å². The molecule has 1 aromatic rings. The largest absolute Gasteiger partial charge is 0.388 e. The maximum absolute atomic E-state index is 3.10. The summed E-state index contributed by atoms with van der Waals surface area (Å²) in [6, 6.07) is 8.48. The van der Waals surface area contributed by atoms with Crippen LogP contribution in [0.4, 0.5) is 11.4 Å². The van der Waals surface area contributed by atoms with Crippen molar-refractivity contribution in [3.05, 3.63) is 24.3 Å². The molecule has 0 saturated carbocycles. The van der Waals surface area contributed by atoms with E-state index in [1.165, 1.54) is 5.69 Å². The Hall–Kier alpha value is -0.730. The van der Waals surface area contributed by atoms with E-state index >= 15 is 0 Å². The number of nitrogens with one attached hydrogen (secondary N) is 1. The fourth-order valence-electron chi connectivity index (χ4n) is 1.08. The fourth-order valence-corrected chi connectivity index (χ4v) is 1.08. The minimum atomic E-state index is 0. The van der Waals surface area contributed by atoms with Crippen molar-refractivity contribution >= 4 is 23.8 Å². The third-order valence-electron chi connectivity index (χ3n) is 1.93. The van der Waals surface area contributed by atoms with Crippen molar-refractivity contribution in [3.63, 3.8) is 0 Å². The lowest BCUT2D eigenvalue weighted by Gasteiger charge is -2.23. The van der Waals surface area contributed by atoms with Gasteiger partial charge < -0.3 is 5.32 Å². The van der Waals surface area contributed by atoms with Crippen molar-refractivity contribution in [1.82, 2.24) is 4.48 Å². The van der Waals surface area contributed by atoms with Crippen LogP contribution in [0.5, 0.6) is 0 Å². The number of anilines is 1. The Labute approximate surface area is 86.6 Å². The van der Waals surface area contributed by atoms with Gasteiger partial charge in [-0.1, -0.05) is 0 Å². The van der Waals surface area contributed by atoms with E-state index in [-0.39, 0.29) is 12.4 Å². The molecule has 0 aliphatic heterocycles. The van der Waals surface area contributed by atoms with Gasteiger partial charge in [0.05, 0.1) is 21.1 Å². The predicted molar refractivity (Wildman–Crippen MR) is 62.8 cm³/mol. The Balaban J connectivity index is 0.00000144. The zero-order valence-electron chi connectivity index (χ0n) is 8.66. The molecule has 0 saturated heterocycles. The van der Waals surface area contributed by atoms with Gasteiger partial charge in [0.15, 0.2) is 0 Å². The maximum Gasteiger partial charge on any atom is 0.132 e. The van der Waals surface area contributed by atoms with Gasteiger partial charge in [0.25, 0.3) is 0 Å². The normalized spacial score (nSPS) is 10.5. The van der Waals surface area contributed by atoms with E-state index in [1.54, 1.807) is 0 Å². The van der Waals surface area contributed by atoms with Crippen LogP contribution in [0.25, 0.3) is 0 Å². The molecule has 0 aliphatic carbocycles. The maximum atomic E-state index is 3.10. The van der Waals surface area contributed by atoms with Crippen LogP contribution in [0.15, 0.2) is 24.3 Å². The molecule has 1 N–H and O–H groups in total. The molecule has 0 fully saturated rings. The number of rotatable bonds is 2. The Morgan fingerprint density at radius 1 is 1.00 bits per heavy atom. The molecular formula is C10H18ClN2+. The number of hydrogen-bond donors (Lipinski definition) is 1. The van der Waals surface area contributed by atoms with Gasteiger partial charge in [0.2, 0.25) is 0 Å². The molecule has 0 atom stereocenters. The topological polar surface area (TPSA) is 12.0 Å². The quantitative estimate of drug-likeness (QED) is 0.725. The summed E-state index contributed by atoms with van der Waals surface area (Å²) < 4.78 is 0.865. The number of quaternary nitrogens is 1. The Morgan fingerprint density at radius 3 is 1.77 bits per heavy atom. The van der Waals surface area contributed by atoms with Gasteiger partial charge in [-0.3, -0.25) is 4.48 Å². The summed E-state index contributed by atoms with van der Waals surface area (Å²) in [5.74, 6) is 0. The highest BCUT2D eigenvalue weighted by Crippen LogP contribution is 2.18. The van der Waals surface area contributed by atoms with Crippen molar-refractivity contribution in [2.24, 2.45) is 0 Å². The molecular weight excluding hydrogens is 184 g/mol. The van der Waals surface area contributed by atoms with Gasteiger partial charge in [-0.25, -0.2) is 0 Å². The molecule has 0 amide bonds. The van der Waals surface area contributed by atoms with E-state index in [4.69, 9.17) is 0 Å².